The van der Waals surface area contributed by atoms with E-state index in [1.807, 2.05) is 23.1 Å². The average molecular weight is 408 g/mol. The highest BCUT2D eigenvalue weighted by Crippen LogP contribution is 2.24. The van der Waals surface area contributed by atoms with E-state index < -0.39 is 0 Å². The van der Waals surface area contributed by atoms with Gasteiger partial charge in [-0.25, -0.2) is 0 Å². The molecule has 0 aliphatic carbocycles. The first-order valence-corrected chi connectivity index (χ1v) is 10.8. The van der Waals surface area contributed by atoms with Gasteiger partial charge < -0.3 is 10.2 Å². The maximum Gasteiger partial charge on any atom is 0.253 e. The molecule has 4 heterocycles. The zero-order chi connectivity index (χ0) is 20.8. The van der Waals surface area contributed by atoms with Crippen molar-refractivity contribution in [3.05, 3.63) is 60.2 Å². The normalized spacial score (nSPS) is 20.7. The SMILES string of the molecule is O=C(NCc1ccccn1)[C@H]1CCCN(C2CCN(C(=O)c3ccncc3)CC2)C1. The first kappa shape index (κ1) is 20.5. The highest BCUT2D eigenvalue weighted by molar-refractivity contribution is 5.94. The summed E-state index contributed by atoms with van der Waals surface area (Å²) in [6.07, 6.45) is 8.95. The first-order chi connectivity index (χ1) is 14.7. The lowest BCUT2D eigenvalue weighted by Gasteiger charge is -2.42. The van der Waals surface area contributed by atoms with E-state index in [0.29, 0.717) is 18.2 Å². The second-order valence-corrected chi connectivity index (χ2v) is 8.13. The third kappa shape index (κ3) is 5.02. The van der Waals surface area contributed by atoms with Crippen LogP contribution in [0.4, 0.5) is 0 Å². The number of carbonyl (C=O) groups is 2. The van der Waals surface area contributed by atoms with Crippen molar-refractivity contribution in [3.8, 4) is 0 Å². The standard InChI is InChI=1S/C23H29N5O2/c29-22(26-16-20-5-1-2-10-25-20)19-4-3-13-28(17-19)21-8-14-27(15-9-21)23(30)18-6-11-24-12-7-18/h1-2,5-7,10-12,19,21H,3-4,8-9,13-17H2,(H,26,29)/t19-/m0/s1. The molecule has 4 rings (SSSR count). The van der Waals surface area contributed by atoms with Gasteiger partial charge in [-0.1, -0.05) is 6.07 Å². The summed E-state index contributed by atoms with van der Waals surface area (Å²) in [5, 5.41) is 3.05. The Labute approximate surface area is 177 Å². The van der Waals surface area contributed by atoms with Crippen LogP contribution in [-0.2, 0) is 11.3 Å². The van der Waals surface area contributed by atoms with Gasteiger partial charge in [0.15, 0.2) is 0 Å². The number of hydrogen-bond acceptors (Lipinski definition) is 5. The van der Waals surface area contributed by atoms with Crippen LogP contribution in [0.1, 0.15) is 41.7 Å². The number of piperidine rings is 2. The predicted octanol–water partition coefficient (Wildman–Crippen LogP) is 2.11. The molecule has 2 saturated heterocycles. The Bertz CT molecular complexity index is 837. The number of likely N-dealkylation sites (tertiary alicyclic amines) is 2. The third-order valence-electron chi connectivity index (χ3n) is 6.19. The molecule has 2 amide bonds. The van der Waals surface area contributed by atoms with E-state index in [1.165, 1.54) is 0 Å². The number of carbonyl (C=O) groups excluding carboxylic acids is 2. The number of nitrogens with zero attached hydrogens (tertiary/aromatic N) is 4. The summed E-state index contributed by atoms with van der Waals surface area (Å²) in [7, 11) is 0. The van der Waals surface area contributed by atoms with E-state index in [2.05, 4.69) is 20.2 Å². The van der Waals surface area contributed by atoms with Crippen molar-refractivity contribution in [2.24, 2.45) is 5.92 Å². The summed E-state index contributed by atoms with van der Waals surface area (Å²) < 4.78 is 0. The van der Waals surface area contributed by atoms with Crippen LogP contribution < -0.4 is 5.32 Å². The van der Waals surface area contributed by atoms with E-state index in [0.717, 1.165) is 57.6 Å². The molecule has 2 aromatic heterocycles. The van der Waals surface area contributed by atoms with Crippen molar-refractivity contribution < 1.29 is 9.59 Å². The molecule has 0 bridgehead atoms. The highest BCUT2D eigenvalue weighted by atomic mass is 16.2. The third-order valence-corrected chi connectivity index (χ3v) is 6.19. The molecule has 1 atom stereocenters. The van der Waals surface area contributed by atoms with Crippen LogP contribution in [-0.4, -0.2) is 63.8 Å². The van der Waals surface area contributed by atoms with E-state index in [9.17, 15) is 9.59 Å². The number of rotatable bonds is 5. The van der Waals surface area contributed by atoms with Gasteiger partial charge in [0.2, 0.25) is 5.91 Å². The van der Waals surface area contributed by atoms with Gasteiger partial charge in [0.25, 0.3) is 5.91 Å². The van der Waals surface area contributed by atoms with Gasteiger partial charge in [0.05, 0.1) is 18.2 Å². The fraction of sp³-hybridized carbons (Fsp3) is 0.478. The molecule has 7 heteroatoms. The van der Waals surface area contributed by atoms with Crippen molar-refractivity contribution in [3.63, 3.8) is 0 Å². The van der Waals surface area contributed by atoms with Crippen LogP contribution in [0.25, 0.3) is 0 Å². The molecule has 2 aromatic rings. The lowest BCUT2D eigenvalue weighted by molar-refractivity contribution is -0.127. The number of pyridine rings is 2. The zero-order valence-corrected chi connectivity index (χ0v) is 17.2. The average Bonchev–Trinajstić information content (AvgIpc) is 2.83. The van der Waals surface area contributed by atoms with Crippen molar-refractivity contribution in [2.75, 3.05) is 26.2 Å². The van der Waals surface area contributed by atoms with Crippen LogP contribution in [0.15, 0.2) is 48.9 Å². The number of hydrogen-bond donors (Lipinski definition) is 1. The second-order valence-electron chi connectivity index (χ2n) is 8.13. The maximum absolute atomic E-state index is 12.7. The lowest BCUT2D eigenvalue weighted by atomic mass is 9.93. The summed E-state index contributed by atoms with van der Waals surface area (Å²) in [4.78, 5) is 38.0. The molecule has 0 saturated carbocycles. The van der Waals surface area contributed by atoms with Crippen molar-refractivity contribution >= 4 is 11.8 Å². The Morgan fingerprint density at radius 1 is 1.00 bits per heavy atom. The molecule has 1 N–H and O–H groups in total. The number of nitrogens with one attached hydrogen (secondary N) is 1. The van der Waals surface area contributed by atoms with E-state index in [4.69, 9.17) is 0 Å². The van der Waals surface area contributed by atoms with Crippen molar-refractivity contribution in [1.29, 1.82) is 0 Å². The smallest absolute Gasteiger partial charge is 0.253 e. The minimum atomic E-state index is 0.0268. The van der Waals surface area contributed by atoms with Gasteiger partial charge in [-0.05, 0) is 56.5 Å². The molecular formula is C23H29N5O2. The van der Waals surface area contributed by atoms with Crippen molar-refractivity contribution in [2.45, 2.75) is 38.3 Å². The molecule has 0 spiro atoms. The molecule has 2 fully saturated rings. The van der Waals surface area contributed by atoms with Gasteiger partial charge in [0.1, 0.15) is 0 Å². The maximum atomic E-state index is 12.7. The molecule has 2 aliphatic heterocycles. The molecule has 7 nitrogen and oxygen atoms in total. The summed E-state index contributed by atoms with van der Waals surface area (Å²) in [6.45, 7) is 3.84. The summed E-state index contributed by atoms with van der Waals surface area (Å²) in [5.41, 5.74) is 1.58. The Kier molecular flexibility index (Phi) is 6.69. The molecule has 2 aliphatic rings. The van der Waals surface area contributed by atoms with Gasteiger partial charge in [-0.15, -0.1) is 0 Å². The quantitative estimate of drug-likeness (QED) is 0.821. The van der Waals surface area contributed by atoms with Gasteiger partial charge in [0, 0.05) is 49.8 Å². The van der Waals surface area contributed by atoms with E-state index in [1.54, 1.807) is 30.7 Å². The monoisotopic (exact) mass is 407 g/mol. The van der Waals surface area contributed by atoms with Gasteiger partial charge in [-0.2, -0.15) is 0 Å². The van der Waals surface area contributed by atoms with Crippen LogP contribution in [0.2, 0.25) is 0 Å². The Morgan fingerprint density at radius 2 is 1.80 bits per heavy atom. The molecule has 158 valence electrons. The molecule has 30 heavy (non-hydrogen) atoms. The summed E-state index contributed by atoms with van der Waals surface area (Å²) in [5.74, 6) is 0.232. The second kappa shape index (κ2) is 9.80. The van der Waals surface area contributed by atoms with Gasteiger partial charge in [-0.3, -0.25) is 24.5 Å². The Morgan fingerprint density at radius 3 is 2.53 bits per heavy atom. The number of aromatic nitrogens is 2. The number of amides is 2. The fourth-order valence-corrected chi connectivity index (χ4v) is 4.49. The molecule has 0 aromatic carbocycles. The van der Waals surface area contributed by atoms with Crippen LogP contribution in [0.5, 0.6) is 0 Å². The van der Waals surface area contributed by atoms with Crippen LogP contribution in [0, 0.1) is 5.92 Å². The predicted molar refractivity (Wildman–Crippen MR) is 114 cm³/mol. The van der Waals surface area contributed by atoms with E-state index in [-0.39, 0.29) is 17.7 Å². The minimum absolute atomic E-state index is 0.0268. The molecular weight excluding hydrogens is 378 g/mol. The molecule has 0 unspecified atom stereocenters. The summed E-state index contributed by atoms with van der Waals surface area (Å²) in [6, 6.07) is 9.72. The molecule has 0 radical (unpaired) electrons. The minimum Gasteiger partial charge on any atom is -0.350 e. The van der Waals surface area contributed by atoms with Gasteiger partial charge >= 0.3 is 0 Å². The van der Waals surface area contributed by atoms with Crippen LogP contribution >= 0.6 is 0 Å². The van der Waals surface area contributed by atoms with Crippen molar-refractivity contribution in [1.82, 2.24) is 25.1 Å². The zero-order valence-electron chi connectivity index (χ0n) is 17.2. The van der Waals surface area contributed by atoms with Crippen LogP contribution in [0.3, 0.4) is 0 Å². The Balaban J connectivity index is 1.26. The summed E-state index contributed by atoms with van der Waals surface area (Å²) >= 11 is 0. The Hall–Kier alpha value is -2.80. The largest absolute Gasteiger partial charge is 0.350 e. The van der Waals surface area contributed by atoms with E-state index >= 15 is 0 Å². The lowest BCUT2D eigenvalue weighted by Crippen LogP contribution is -2.51. The fourth-order valence-electron chi connectivity index (χ4n) is 4.49. The highest BCUT2D eigenvalue weighted by Gasteiger charge is 2.32. The topological polar surface area (TPSA) is 78.4 Å². The first-order valence-electron chi connectivity index (χ1n) is 10.8.